The number of benzene rings is 1. The van der Waals surface area contributed by atoms with Crippen molar-refractivity contribution in [2.24, 2.45) is 0 Å². The molecule has 0 saturated heterocycles. The van der Waals surface area contributed by atoms with Crippen LogP contribution >= 0.6 is 11.6 Å². The largest absolute Gasteiger partial charge is 0.402 e. The van der Waals surface area contributed by atoms with Crippen LogP contribution < -0.4 is 5.32 Å². The topological polar surface area (TPSA) is 41.0 Å². The zero-order chi connectivity index (χ0) is 17.5. The molecule has 0 radical (unpaired) electrons. The summed E-state index contributed by atoms with van der Waals surface area (Å²) in [7, 11) is 3.48. The third-order valence-electron chi connectivity index (χ3n) is 4.28. The fourth-order valence-corrected chi connectivity index (χ4v) is 3.27. The molecule has 1 aromatic carbocycles. The zero-order valence-corrected chi connectivity index (χ0v) is 13.9. The Labute approximate surface area is 142 Å². The van der Waals surface area contributed by atoms with Crippen LogP contribution in [0.1, 0.15) is 17.5 Å². The summed E-state index contributed by atoms with van der Waals surface area (Å²) in [4.78, 5) is 9.56. The molecule has 8 heteroatoms. The Bertz CT molecular complexity index is 763. The smallest absolute Gasteiger partial charge is 0.340 e. The average molecular weight is 357 g/mol. The summed E-state index contributed by atoms with van der Waals surface area (Å²) in [5, 5.41) is 3.22. The maximum Gasteiger partial charge on any atom is 0.402 e. The second-order valence-electron chi connectivity index (χ2n) is 6.06. The van der Waals surface area contributed by atoms with E-state index in [4.69, 9.17) is 11.6 Å². The Hall–Kier alpha value is -1.86. The fraction of sp³-hybridized carbons (Fsp3) is 0.375. The lowest BCUT2D eigenvalue weighted by molar-refractivity contribution is -0.180. The number of hydrogen-bond acceptors (Lipinski definition) is 4. The minimum atomic E-state index is -4.52. The number of nitrogens with zero attached hydrogens (tertiary/aromatic N) is 3. The number of aromatic nitrogens is 2. The molecule has 0 saturated carbocycles. The number of fused-ring (bicyclic) bond motifs is 2. The predicted octanol–water partition coefficient (Wildman–Crippen LogP) is 3.99. The number of halogens is 4. The van der Waals surface area contributed by atoms with Gasteiger partial charge in [-0.25, -0.2) is 9.97 Å². The van der Waals surface area contributed by atoms with E-state index in [0.29, 0.717) is 5.69 Å². The Morgan fingerprint density at radius 3 is 2.67 bits per heavy atom. The van der Waals surface area contributed by atoms with Gasteiger partial charge in [0.15, 0.2) is 0 Å². The highest BCUT2D eigenvalue weighted by atomic mass is 35.5. The number of nitrogens with one attached hydrogen (secondary N) is 1. The second-order valence-corrected chi connectivity index (χ2v) is 6.49. The molecule has 2 aromatic rings. The van der Waals surface area contributed by atoms with Gasteiger partial charge in [-0.15, -0.1) is 0 Å². The van der Waals surface area contributed by atoms with Crippen molar-refractivity contribution < 1.29 is 13.2 Å². The molecule has 0 spiro atoms. The van der Waals surface area contributed by atoms with Crippen LogP contribution in [0.4, 0.5) is 24.7 Å². The van der Waals surface area contributed by atoms with E-state index >= 15 is 0 Å². The highest BCUT2D eigenvalue weighted by Gasteiger charge is 2.60. The van der Waals surface area contributed by atoms with Gasteiger partial charge in [-0.1, -0.05) is 11.6 Å². The maximum absolute atomic E-state index is 14.4. The van der Waals surface area contributed by atoms with E-state index in [0.717, 1.165) is 0 Å². The van der Waals surface area contributed by atoms with Gasteiger partial charge in [0.25, 0.3) is 0 Å². The van der Waals surface area contributed by atoms with Crippen LogP contribution in [0.2, 0.25) is 5.02 Å². The lowest BCUT2D eigenvalue weighted by atomic mass is 9.69. The first kappa shape index (κ1) is 17.0. The molecular weight excluding hydrogens is 341 g/mol. The summed E-state index contributed by atoms with van der Waals surface area (Å²) in [5.74, 6) is 0.177. The fourth-order valence-electron chi connectivity index (χ4n) is 3.10. The lowest BCUT2D eigenvalue weighted by Crippen LogP contribution is -2.48. The van der Waals surface area contributed by atoms with Gasteiger partial charge >= 0.3 is 6.18 Å². The van der Waals surface area contributed by atoms with Crippen molar-refractivity contribution in [1.82, 2.24) is 14.9 Å². The zero-order valence-electron chi connectivity index (χ0n) is 13.2. The average Bonchev–Trinajstić information content (AvgIpc) is 2.50. The normalized spacial score (nSPS) is 19.6. The van der Waals surface area contributed by atoms with Crippen molar-refractivity contribution in [3.05, 3.63) is 46.9 Å². The Balaban J connectivity index is 2.31. The molecule has 1 aliphatic rings. The van der Waals surface area contributed by atoms with Crippen LogP contribution in [-0.4, -0.2) is 41.7 Å². The molecule has 0 bridgehead atoms. The van der Waals surface area contributed by atoms with Crippen molar-refractivity contribution in [3.63, 3.8) is 0 Å². The summed E-state index contributed by atoms with van der Waals surface area (Å²) in [6.07, 6.45) is -2.20. The third-order valence-corrected chi connectivity index (χ3v) is 4.52. The van der Waals surface area contributed by atoms with Gasteiger partial charge < -0.3 is 10.2 Å². The molecule has 1 N–H and O–H groups in total. The minimum absolute atomic E-state index is 0.0223. The summed E-state index contributed by atoms with van der Waals surface area (Å²) in [6.45, 7) is 0.250. The van der Waals surface area contributed by atoms with E-state index in [1.807, 2.05) is 0 Å². The predicted molar refractivity (Wildman–Crippen MR) is 86.8 cm³/mol. The van der Waals surface area contributed by atoms with Gasteiger partial charge in [0.05, 0.1) is 0 Å². The molecule has 1 atom stereocenters. The van der Waals surface area contributed by atoms with E-state index in [-0.39, 0.29) is 34.9 Å². The minimum Gasteiger partial charge on any atom is -0.340 e. The Morgan fingerprint density at radius 1 is 1.25 bits per heavy atom. The Morgan fingerprint density at radius 2 is 2.00 bits per heavy atom. The number of hydrogen-bond donors (Lipinski definition) is 1. The maximum atomic E-state index is 14.4. The van der Waals surface area contributed by atoms with E-state index in [1.54, 1.807) is 31.1 Å². The first-order chi connectivity index (χ1) is 11.3. The molecule has 0 fully saturated rings. The van der Waals surface area contributed by atoms with Crippen molar-refractivity contribution in [3.8, 4) is 0 Å². The van der Waals surface area contributed by atoms with E-state index in [9.17, 15) is 13.2 Å². The van der Waals surface area contributed by atoms with Crippen molar-refractivity contribution >= 4 is 23.1 Å². The van der Waals surface area contributed by atoms with E-state index in [2.05, 4.69) is 15.3 Å². The van der Waals surface area contributed by atoms with Gasteiger partial charge in [0.1, 0.15) is 17.6 Å². The molecule has 2 heterocycles. The van der Waals surface area contributed by atoms with Gasteiger partial charge in [0.2, 0.25) is 0 Å². The monoisotopic (exact) mass is 356 g/mol. The van der Waals surface area contributed by atoms with Crippen LogP contribution in [0.5, 0.6) is 0 Å². The molecular formula is C16H16ClF3N4. The Kier molecular flexibility index (Phi) is 4.17. The molecule has 1 unspecified atom stereocenters. The van der Waals surface area contributed by atoms with Gasteiger partial charge in [-0.05, 0) is 50.8 Å². The van der Waals surface area contributed by atoms with Crippen molar-refractivity contribution in [2.75, 3.05) is 26.0 Å². The van der Waals surface area contributed by atoms with Gasteiger partial charge in [-0.2, -0.15) is 13.2 Å². The van der Waals surface area contributed by atoms with Crippen LogP contribution in [-0.2, 0) is 5.41 Å². The number of rotatable bonds is 3. The highest BCUT2D eigenvalue weighted by Crippen LogP contribution is 2.55. The molecule has 3 rings (SSSR count). The summed E-state index contributed by atoms with van der Waals surface area (Å²) in [6, 6.07) is 4.49. The quantitative estimate of drug-likeness (QED) is 0.903. The lowest BCUT2D eigenvalue weighted by Gasteiger charge is -2.42. The van der Waals surface area contributed by atoms with Crippen molar-refractivity contribution in [2.45, 2.75) is 18.0 Å². The highest BCUT2D eigenvalue weighted by molar-refractivity contribution is 6.30. The molecule has 1 aliphatic heterocycles. The van der Waals surface area contributed by atoms with Crippen LogP contribution in [0, 0.1) is 0 Å². The van der Waals surface area contributed by atoms with Gasteiger partial charge in [0, 0.05) is 22.5 Å². The van der Waals surface area contributed by atoms with Gasteiger partial charge in [-0.3, -0.25) is 0 Å². The summed E-state index contributed by atoms with van der Waals surface area (Å²) < 4.78 is 43.2. The second kappa shape index (κ2) is 5.89. The van der Waals surface area contributed by atoms with Crippen LogP contribution in [0.15, 0.2) is 30.7 Å². The third kappa shape index (κ3) is 2.61. The summed E-state index contributed by atoms with van der Waals surface area (Å²) >= 11 is 6.01. The molecule has 0 amide bonds. The van der Waals surface area contributed by atoms with E-state index < -0.39 is 11.6 Å². The molecule has 1 aromatic heterocycles. The SMILES string of the molecule is CN(C)CCC1(C(F)(F)F)c2cc(Cl)ccc2Nc2ncncc21. The van der Waals surface area contributed by atoms with Crippen LogP contribution in [0.3, 0.4) is 0 Å². The standard InChI is InChI=1S/C16H16ClF3N4/c1-24(2)6-5-15(16(18,19)20)11-7-10(17)3-4-13(11)23-14-12(15)8-21-9-22-14/h3-4,7-9H,5-6H2,1-2H3,(H,21,22,23). The number of alkyl halides is 3. The number of anilines is 2. The van der Waals surface area contributed by atoms with Crippen LogP contribution in [0.25, 0.3) is 0 Å². The first-order valence-electron chi connectivity index (χ1n) is 7.35. The summed E-state index contributed by atoms with van der Waals surface area (Å²) in [5.41, 5.74) is -1.72. The molecule has 24 heavy (non-hydrogen) atoms. The molecule has 4 nitrogen and oxygen atoms in total. The van der Waals surface area contributed by atoms with E-state index in [1.165, 1.54) is 18.6 Å². The molecule has 0 aliphatic carbocycles. The molecule has 128 valence electrons. The first-order valence-corrected chi connectivity index (χ1v) is 7.72. The van der Waals surface area contributed by atoms with Crippen molar-refractivity contribution in [1.29, 1.82) is 0 Å².